The minimum Gasteiger partial charge on any atom is -0.468 e. The zero-order valence-corrected chi connectivity index (χ0v) is 12.7. The highest BCUT2D eigenvalue weighted by Crippen LogP contribution is 2.35. The Morgan fingerprint density at radius 1 is 1.33 bits per heavy atom. The molecule has 1 fully saturated rings. The Hall–Kier alpha value is -1.82. The van der Waals surface area contributed by atoms with Gasteiger partial charge in [-0.1, -0.05) is 0 Å². The summed E-state index contributed by atoms with van der Waals surface area (Å²) in [4.78, 5) is 24.1. The van der Waals surface area contributed by atoms with Crippen LogP contribution in [0.15, 0.2) is 22.8 Å². The standard InChI is InChI=1S/C15H21NO5/c1-15(2,3)21-13(17)9-8-10(14(18)19-4)16-12(9)11-6-5-7-20-11/h5-7,9-10,12,16H,8H2,1-4H3/t9-,10-,12+/m1/s1. The van der Waals surface area contributed by atoms with Crippen LogP contribution < -0.4 is 5.32 Å². The maximum atomic E-state index is 12.4. The summed E-state index contributed by atoms with van der Waals surface area (Å²) in [5, 5.41) is 3.09. The topological polar surface area (TPSA) is 77.8 Å². The molecule has 1 aliphatic rings. The van der Waals surface area contributed by atoms with Crippen molar-refractivity contribution in [1.29, 1.82) is 0 Å². The molecule has 3 atom stereocenters. The van der Waals surface area contributed by atoms with Crippen LogP contribution in [-0.4, -0.2) is 30.7 Å². The number of furan rings is 1. The van der Waals surface area contributed by atoms with Crippen LogP contribution in [0, 0.1) is 5.92 Å². The normalized spacial score (nSPS) is 25.6. The maximum absolute atomic E-state index is 12.4. The second-order valence-electron chi connectivity index (χ2n) is 6.11. The molecule has 1 aromatic heterocycles. The smallest absolute Gasteiger partial charge is 0.322 e. The summed E-state index contributed by atoms with van der Waals surface area (Å²) in [5.41, 5.74) is -0.575. The summed E-state index contributed by atoms with van der Waals surface area (Å²) in [6.45, 7) is 5.44. The van der Waals surface area contributed by atoms with E-state index in [-0.39, 0.29) is 12.0 Å². The first-order chi connectivity index (χ1) is 9.81. The molecular weight excluding hydrogens is 274 g/mol. The van der Waals surface area contributed by atoms with Crippen LogP contribution in [0.25, 0.3) is 0 Å². The molecule has 1 aliphatic heterocycles. The van der Waals surface area contributed by atoms with E-state index in [1.54, 1.807) is 12.1 Å². The number of nitrogens with one attached hydrogen (secondary N) is 1. The van der Waals surface area contributed by atoms with Gasteiger partial charge in [0.05, 0.1) is 25.3 Å². The number of hydrogen-bond donors (Lipinski definition) is 1. The quantitative estimate of drug-likeness (QED) is 0.857. The van der Waals surface area contributed by atoms with Gasteiger partial charge in [0.1, 0.15) is 17.4 Å². The van der Waals surface area contributed by atoms with Crippen molar-refractivity contribution in [2.24, 2.45) is 5.92 Å². The maximum Gasteiger partial charge on any atom is 0.322 e. The van der Waals surface area contributed by atoms with E-state index >= 15 is 0 Å². The van der Waals surface area contributed by atoms with E-state index in [4.69, 9.17) is 13.9 Å². The SMILES string of the molecule is COC(=O)[C@H]1C[C@@H](C(=O)OC(C)(C)C)[C@@H](c2ccco2)N1. The van der Waals surface area contributed by atoms with Crippen molar-refractivity contribution in [3.63, 3.8) is 0 Å². The van der Waals surface area contributed by atoms with Gasteiger partial charge in [-0.15, -0.1) is 0 Å². The number of esters is 2. The van der Waals surface area contributed by atoms with Crippen molar-refractivity contribution < 1.29 is 23.5 Å². The molecule has 0 aromatic carbocycles. The lowest BCUT2D eigenvalue weighted by Gasteiger charge is -2.24. The molecule has 6 heteroatoms. The van der Waals surface area contributed by atoms with Crippen molar-refractivity contribution in [2.45, 2.75) is 44.9 Å². The van der Waals surface area contributed by atoms with E-state index in [0.29, 0.717) is 12.2 Å². The Morgan fingerprint density at radius 3 is 2.57 bits per heavy atom. The summed E-state index contributed by atoms with van der Waals surface area (Å²) in [7, 11) is 1.33. The molecule has 0 radical (unpaired) electrons. The lowest BCUT2D eigenvalue weighted by atomic mass is 9.97. The summed E-state index contributed by atoms with van der Waals surface area (Å²) in [6.07, 6.45) is 1.86. The molecule has 1 N–H and O–H groups in total. The van der Waals surface area contributed by atoms with Gasteiger partial charge in [0, 0.05) is 0 Å². The van der Waals surface area contributed by atoms with Crippen molar-refractivity contribution in [3.8, 4) is 0 Å². The third-order valence-corrected chi connectivity index (χ3v) is 3.32. The molecule has 0 aliphatic carbocycles. The zero-order chi connectivity index (χ0) is 15.6. The summed E-state index contributed by atoms with van der Waals surface area (Å²) in [6, 6.07) is 2.59. The highest BCUT2D eigenvalue weighted by molar-refractivity contribution is 5.80. The summed E-state index contributed by atoms with van der Waals surface area (Å²) < 4.78 is 15.6. The minimum absolute atomic E-state index is 0.326. The fourth-order valence-corrected chi connectivity index (χ4v) is 2.46. The summed E-state index contributed by atoms with van der Waals surface area (Å²) in [5.74, 6) is -0.614. The first kappa shape index (κ1) is 15.6. The van der Waals surface area contributed by atoms with Gasteiger partial charge < -0.3 is 13.9 Å². The molecule has 0 amide bonds. The van der Waals surface area contributed by atoms with E-state index in [0.717, 1.165) is 0 Å². The highest BCUT2D eigenvalue weighted by atomic mass is 16.6. The molecule has 0 saturated carbocycles. The third kappa shape index (κ3) is 3.64. The molecule has 1 aromatic rings. The Morgan fingerprint density at radius 2 is 2.05 bits per heavy atom. The lowest BCUT2D eigenvalue weighted by molar-refractivity contribution is -0.160. The predicted molar refractivity (Wildman–Crippen MR) is 74.3 cm³/mol. The third-order valence-electron chi connectivity index (χ3n) is 3.32. The number of methoxy groups -OCH3 is 1. The van der Waals surface area contributed by atoms with Crippen LogP contribution in [0.4, 0.5) is 0 Å². The van der Waals surface area contributed by atoms with Crippen molar-refractivity contribution in [2.75, 3.05) is 7.11 Å². The Labute approximate surface area is 123 Å². The monoisotopic (exact) mass is 295 g/mol. The van der Waals surface area contributed by atoms with Crippen molar-refractivity contribution in [1.82, 2.24) is 5.32 Å². The van der Waals surface area contributed by atoms with Crippen LogP contribution in [0.3, 0.4) is 0 Å². The van der Waals surface area contributed by atoms with Gasteiger partial charge in [-0.2, -0.15) is 0 Å². The van der Waals surface area contributed by atoms with Crippen LogP contribution in [0.1, 0.15) is 39.0 Å². The zero-order valence-electron chi connectivity index (χ0n) is 12.7. The Balaban J connectivity index is 2.19. The first-order valence-electron chi connectivity index (χ1n) is 6.92. The van der Waals surface area contributed by atoms with Gasteiger partial charge in [0.2, 0.25) is 0 Å². The highest BCUT2D eigenvalue weighted by Gasteiger charge is 2.45. The van der Waals surface area contributed by atoms with E-state index in [1.165, 1.54) is 13.4 Å². The van der Waals surface area contributed by atoms with Gasteiger partial charge in [-0.05, 0) is 39.3 Å². The van der Waals surface area contributed by atoms with Gasteiger partial charge >= 0.3 is 11.9 Å². The van der Waals surface area contributed by atoms with Gasteiger partial charge in [-0.3, -0.25) is 14.9 Å². The molecule has 21 heavy (non-hydrogen) atoms. The molecular formula is C15H21NO5. The van der Waals surface area contributed by atoms with E-state index in [9.17, 15) is 9.59 Å². The average molecular weight is 295 g/mol. The molecule has 0 unspecified atom stereocenters. The number of ether oxygens (including phenoxy) is 2. The largest absolute Gasteiger partial charge is 0.468 e. The van der Waals surface area contributed by atoms with E-state index < -0.39 is 23.5 Å². The molecule has 2 rings (SSSR count). The first-order valence-corrected chi connectivity index (χ1v) is 6.92. The van der Waals surface area contributed by atoms with E-state index in [1.807, 2.05) is 20.8 Å². The number of rotatable bonds is 3. The summed E-state index contributed by atoms with van der Waals surface area (Å²) >= 11 is 0. The lowest BCUT2D eigenvalue weighted by Crippen LogP contribution is -2.33. The van der Waals surface area contributed by atoms with Gasteiger partial charge in [0.15, 0.2) is 0 Å². The van der Waals surface area contributed by atoms with Gasteiger partial charge in [-0.25, -0.2) is 0 Å². The van der Waals surface area contributed by atoms with Crippen molar-refractivity contribution in [3.05, 3.63) is 24.2 Å². The molecule has 1 saturated heterocycles. The number of carbonyl (C=O) groups excluding carboxylic acids is 2. The van der Waals surface area contributed by atoms with E-state index in [2.05, 4.69) is 5.32 Å². The predicted octanol–water partition coefficient (Wildman–Crippen LogP) is 1.81. The van der Waals surface area contributed by atoms with Crippen LogP contribution >= 0.6 is 0 Å². The van der Waals surface area contributed by atoms with Crippen molar-refractivity contribution >= 4 is 11.9 Å². The number of hydrogen-bond acceptors (Lipinski definition) is 6. The minimum atomic E-state index is -0.575. The average Bonchev–Trinajstić information content (AvgIpc) is 3.04. The molecule has 116 valence electrons. The fraction of sp³-hybridized carbons (Fsp3) is 0.600. The Kier molecular flexibility index (Phi) is 4.37. The number of carbonyl (C=O) groups is 2. The van der Waals surface area contributed by atoms with Crippen LogP contribution in [-0.2, 0) is 19.1 Å². The van der Waals surface area contributed by atoms with Crippen LogP contribution in [0.5, 0.6) is 0 Å². The molecule has 0 bridgehead atoms. The molecule has 0 spiro atoms. The second kappa shape index (κ2) is 5.89. The molecule has 2 heterocycles. The van der Waals surface area contributed by atoms with Gasteiger partial charge in [0.25, 0.3) is 0 Å². The fourth-order valence-electron chi connectivity index (χ4n) is 2.46. The van der Waals surface area contributed by atoms with Crippen LogP contribution in [0.2, 0.25) is 0 Å². The molecule has 6 nitrogen and oxygen atoms in total. The Bertz CT molecular complexity index is 503. The second-order valence-corrected chi connectivity index (χ2v) is 6.11.